The van der Waals surface area contributed by atoms with E-state index in [1.165, 1.54) is 4.90 Å². The van der Waals surface area contributed by atoms with Gasteiger partial charge < -0.3 is 9.88 Å². The number of amides is 1. The molecular weight excluding hydrogens is 356 g/mol. The Bertz CT molecular complexity index is 1150. The number of fused-ring (bicyclic) bond motifs is 2. The SMILES string of the molecule is CC[NH+](Cc1nc2ccccc2c(=O)[nH]1)CN1C(=O)C(=O)c2cc(C)ccc21. The second-order valence-corrected chi connectivity index (χ2v) is 7.05. The largest absolute Gasteiger partial charge is 0.311 e. The number of para-hydroxylation sites is 1. The molecule has 2 heterocycles. The average molecular weight is 377 g/mol. The van der Waals surface area contributed by atoms with Crippen molar-refractivity contribution in [3.05, 3.63) is 69.8 Å². The highest BCUT2D eigenvalue weighted by Crippen LogP contribution is 2.28. The van der Waals surface area contributed by atoms with Crippen molar-refractivity contribution < 1.29 is 14.5 Å². The number of carbonyl (C=O) groups excluding carboxylic acids is 2. The number of aromatic nitrogens is 2. The van der Waals surface area contributed by atoms with Gasteiger partial charge in [-0.05, 0) is 38.1 Å². The van der Waals surface area contributed by atoms with E-state index >= 15 is 0 Å². The Morgan fingerprint density at radius 1 is 1.11 bits per heavy atom. The minimum absolute atomic E-state index is 0.177. The lowest BCUT2D eigenvalue weighted by molar-refractivity contribution is -0.911. The molecule has 0 bridgehead atoms. The van der Waals surface area contributed by atoms with E-state index in [0.717, 1.165) is 10.5 Å². The van der Waals surface area contributed by atoms with Gasteiger partial charge in [0.1, 0.15) is 6.54 Å². The Hall–Kier alpha value is -3.32. The summed E-state index contributed by atoms with van der Waals surface area (Å²) in [5, 5.41) is 0.550. The fourth-order valence-corrected chi connectivity index (χ4v) is 3.54. The number of nitrogens with one attached hydrogen (secondary N) is 2. The first kappa shape index (κ1) is 18.1. The van der Waals surface area contributed by atoms with Crippen molar-refractivity contribution in [1.82, 2.24) is 9.97 Å². The van der Waals surface area contributed by atoms with Gasteiger partial charge in [0.15, 0.2) is 12.5 Å². The highest BCUT2D eigenvalue weighted by atomic mass is 16.2. The van der Waals surface area contributed by atoms with Gasteiger partial charge in [0.2, 0.25) is 0 Å². The highest BCUT2D eigenvalue weighted by Gasteiger charge is 2.37. The number of ketones is 1. The maximum atomic E-state index is 12.5. The molecule has 1 aliphatic rings. The molecular formula is C21H21N4O3+. The topological polar surface area (TPSA) is 87.6 Å². The van der Waals surface area contributed by atoms with Gasteiger partial charge in [-0.15, -0.1) is 0 Å². The molecule has 142 valence electrons. The standard InChI is InChI=1S/C21H20N4O3/c1-3-24(11-18-22-16-7-5-4-6-14(16)20(27)23-18)12-25-17-9-8-13(2)10-15(17)19(26)21(25)28/h4-10H,3,11-12H2,1-2H3,(H,22,23,27)/p+1. The Balaban J connectivity index is 1.60. The molecule has 7 nitrogen and oxygen atoms in total. The van der Waals surface area contributed by atoms with Gasteiger partial charge in [-0.1, -0.05) is 23.8 Å². The summed E-state index contributed by atoms with van der Waals surface area (Å²) >= 11 is 0. The van der Waals surface area contributed by atoms with E-state index in [1.54, 1.807) is 24.3 Å². The van der Waals surface area contributed by atoms with Crippen LogP contribution in [0.5, 0.6) is 0 Å². The molecule has 2 aromatic carbocycles. The van der Waals surface area contributed by atoms with Gasteiger partial charge in [0.05, 0.1) is 28.7 Å². The number of aryl methyl sites for hydroxylation is 1. The molecule has 0 fully saturated rings. The second kappa shape index (κ2) is 7.01. The molecule has 1 aliphatic heterocycles. The summed E-state index contributed by atoms with van der Waals surface area (Å²) in [4.78, 5) is 47.0. The molecule has 0 saturated heterocycles. The number of hydrogen-bond donors (Lipinski definition) is 2. The van der Waals surface area contributed by atoms with Gasteiger partial charge in [0.25, 0.3) is 11.3 Å². The van der Waals surface area contributed by atoms with Gasteiger partial charge >= 0.3 is 5.91 Å². The number of H-pyrrole nitrogens is 1. The van der Waals surface area contributed by atoms with Crippen LogP contribution in [0.1, 0.15) is 28.7 Å². The molecule has 1 aromatic heterocycles. The second-order valence-electron chi connectivity index (χ2n) is 7.05. The summed E-state index contributed by atoms with van der Waals surface area (Å²) in [6, 6.07) is 12.7. The third kappa shape index (κ3) is 3.10. The van der Waals surface area contributed by atoms with Crippen LogP contribution in [0, 0.1) is 6.92 Å². The van der Waals surface area contributed by atoms with E-state index in [1.807, 2.05) is 32.0 Å². The van der Waals surface area contributed by atoms with Gasteiger partial charge in [0, 0.05) is 0 Å². The first-order chi connectivity index (χ1) is 13.5. The van der Waals surface area contributed by atoms with Gasteiger partial charge in [-0.25, -0.2) is 4.98 Å². The minimum atomic E-state index is -0.508. The first-order valence-corrected chi connectivity index (χ1v) is 9.26. The summed E-state index contributed by atoms with van der Waals surface area (Å²) < 4.78 is 0. The molecule has 1 atom stereocenters. The zero-order chi connectivity index (χ0) is 19.8. The quantitative estimate of drug-likeness (QED) is 0.645. The summed E-state index contributed by atoms with van der Waals surface area (Å²) in [6.45, 7) is 5.36. The molecule has 1 unspecified atom stereocenters. The van der Waals surface area contributed by atoms with Crippen LogP contribution in [0.4, 0.5) is 5.69 Å². The Kier molecular flexibility index (Phi) is 4.52. The van der Waals surface area contributed by atoms with Gasteiger partial charge in [-0.3, -0.25) is 19.3 Å². The number of nitrogens with zero attached hydrogens (tertiary/aromatic N) is 2. The van der Waals surface area contributed by atoms with Crippen molar-refractivity contribution in [2.24, 2.45) is 0 Å². The first-order valence-electron chi connectivity index (χ1n) is 9.26. The minimum Gasteiger partial charge on any atom is -0.311 e. The number of rotatable bonds is 5. The smallest absolute Gasteiger partial charge is 0.303 e. The monoisotopic (exact) mass is 377 g/mol. The highest BCUT2D eigenvalue weighted by molar-refractivity contribution is 6.52. The molecule has 0 saturated carbocycles. The third-order valence-electron chi connectivity index (χ3n) is 5.09. The maximum Gasteiger partial charge on any atom is 0.303 e. The number of anilines is 1. The molecule has 0 aliphatic carbocycles. The summed E-state index contributed by atoms with van der Waals surface area (Å²) in [5.41, 5.74) is 2.51. The van der Waals surface area contributed by atoms with E-state index in [0.29, 0.717) is 47.7 Å². The van der Waals surface area contributed by atoms with E-state index in [2.05, 4.69) is 9.97 Å². The number of Topliss-reactive ketones (excluding diaryl/α,β-unsaturated/α-hetero) is 1. The molecule has 3 aromatic rings. The van der Waals surface area contributed by atoms with E-state index in [9.17, 15) is 14.4 Å². The van der Waals surface area contributed by atoms with Crippen molar-refractivity contribution in [3.8, 4) is 0 Å². The van der Waals surface area contributed by atoms with E-state index in [4.69, 9.17) is 0 Å². The van der Waals surface area contributed by atoms with Crippen LogP contribution in [0.25, 0.3) is 10.9 Å². The lowest BCUT2D eigenvalue weighted by Crippen LogP contribution is -3.12. The summed E-state index contributed by atoms with van der Waals surface area (Å²) in [6.07, 6.45) is 0. The van der Waals surface area contributed by atoms with Crippen LogP contribution >= 0.6 is 0 Å². The van der Waals surface area contributed by atoms with Crippen LogP contribution in [0.15, 0.2) is 47.3 Å². The molecule has 0 spiro atoms. The summed E-state index contributed by atoms with van der Waals surface area (Å²) in [7, 11) is 0. The van der Waals surface area contributed by atoms with Crippen molar-refractivity contribution in [2.45, 2.75) is 20.4 Å². The number of hydrogen-bond acceptors (Lipinski definition) is 4. The van der Waals surface area contributed by atoms with Crippen LogP contribution in [0.3, 0.4) is 0 Å². The molecule has 28 heavy (non-hydrogen) atoms. The van der Waals surface area contributed by atoms with Crippen molar-refractivity contribution in [3.63, 3.8) is 0 Å². The molecule has 4 rings (SSSR count). The Morgan fingerprint density at radius 2 is 1.89 bits per heavy atom. The average Bonchev–Trinajstić information content (AvgIpc) is 2.92. The molecule has 0 radical (unpaired) electrons. The molecule has 7 heteroatoms. The van der Waals surface area contributed by atoms with Crippen LogP contribution < -0.4 is 15.4 Å². The maximum absolute atomic E-state index is 12.5. The fourth-order valence-electron chi connectivity index (χ4n) is 3.54. The predicted octanol–water partition coefficient (Wildman–Crippen LogP) is 0.823. The number of benzene rings is 2. The number of carbonyl (C=O) groups is 2. The Morgan fingerprint density at radius 3 is 2.68 bits per heavy atom. The zero-order valence-corrected chi connectivity index (χ0v) is 15.8. The van der Waals surface area contributed by atoms with Crippen molar-refractivity contribution >= 4 is 28.3 Å². The van der Waals surface area contributed by atoms with Crippen LogP contribution in [-0.2, 0) is 11.3 Å². The van der Waals surface area contributed by atoms with Gasteiger partial charge in [-0.2, -0.15) is 0 Å². The van der Waals surface area contributed by atoms with E-state index in [-0.39, 0.29) is 5.56 Å². The normalized spacial score (nSPS) is 14.6. The molecule has 2 N–H and O–H groups in total. The van der Waals surface area contributed by atoms with Crippen molar-refractivity contribution in [1.29, 1.82) is 0 Å². The Labute approximate surface area is 161 Å². The lowest BCUT2D eigenvalue weighted by atomic mass is 10.1. The molecule has 1 amide bonds. The number of aromatic amines is 1. The predicted molar refractivity (Wildman–Crippen MR) is 105 cm³/mol. The van der Waals surface area contributed by atoms with Crippen molar-refractivity contribution in [2.75, 3.05) is 18.1 Å². The fraction of sp³-hybridized carbons (Fsp3) is 0.238. The zero-order valence-electron chi connectivity index (χ0n) is 15.8. The lowest BCUT2D eigenvalue weighted by Gasteiger charge is -2.23. The number of quaternary nitrogens is 1. The third-order valence-corrected chi connectivity index (χ3v) is 5.09. The van der Waals surface area contributed by atoms with Crippen LogP contribution in [-0.4, -0.2) is 34.9 Å². The van der Waals surface area contributed by atoms with E-state index < -0.39 is 11.7 Å². The van der Waals surface area contributed by atoms with Crippen LogP contribution in [0.2, 0.25) is 0 Å². The summed E-state index contributed by atoms with van der Waals surface area (Å²) in [5.74, 6) is -0.416.